The van der Waals surface area contributed by atoms with E-state index in [-0.39, 0.29) is 11.8 Å². The Morgan fingerprint density at radius 3 is 2.31 bits per heavy atom. The molecule has 3 heterocycles. The highest BCUT2D eigenvalue weighted by atomic mass is 16.3. The summed E-state index contributed by atoms with van der Waals surface area (Å²) in [4.78, 5) is 34.2. The standard InChI is InChI=1S/C23H25N3O3/c1-23(2,3)22(28)26-12-10-25(11-13-26)21(27)17-15-19(20-9-6-14-29-20)24-18-8-5-4-7-16(17)18/h4-9,14-15H,10-13H2,1-3H3. The van der Waals surface area contributed by atoms with Gasteiger partial charge in [0.15, 0.2) is 5.76 Å². The largest absolute Gasteiger partial charge is 0.463 e. The van der Waals surface area contributed by atoms with Crippen molar-refractivity contribution in [3.8, 4) is 11.5 Å². The summed E-state index contributed by atoms with van der Waals surface area (Å²) in [5.41, 5.74) is 1.59. The van der Waals surface area contributed by atoms with Crippen molar-refractivity contribution in [3.63, 3.8) is 0 Å². The molecule has 29 heavy (non-hydrogen) atoms. The van der Waals surface area contributed by atoms with E-state index in [4.69, 9.17) is 4.42 Å². The molecule has 0 aliphatic carbocycles. The lowest BCUT2D eigenvalue weighted by molar-refractivity contribution is -0.140. The number of carbonyl (C=O) groups excluding carboxylic acids is 2. The van der Waals surface area contributed by atoms with Crippen LogP contribution in [0.5, 0.6) is 0 Å². The fourth-order valence-corrected chi connectivity index (χ4v) is 3.66. The molecule has 6 heteroatoms. The number of hydrogen-bond acceptors (Lipinski definition) is 4. The predicted octanol–water partition coefficient (Wildman–Crippen LogP) is 3.83. The van der Waals surface area contributed by atoms with Crippen molar-refractivity contribution in [1.29, 1.82) is 0 Å². The van der Waals surface area contributed by atoms with Crippen LogP contribution in [0.4, 0.5) is 0 Å². The summed E-state index contributed by atoms with van der Waals surface area (Å²) in [6.07, 6.45) is 1.60. The zero-order chi connectivity index (χ0) is 20.6. The summed E-state index contributed by atoms with van der Waals surface area (Å²) in [6, 6.07) is 13.1. The van der Waals surface area contributed by atoms with Crippen LogP contribution in [0.3, 0.4) is 0 Å². The van der Waals surface area contributed by atoms with Crippen molar-refractivity contribution in [3.05, 3.63) is 54.3 Å². The number of benzene rings is 1. The Balaban J connectivity index is 1.62. The van der Waals surface area contributed by atoms with E-state index in [2.05, 4.69) is 4.98 Å². The summed E-state index contributed by atoms with van der Waals surface area (Å²) in [5.74, 6) is 0.712. The van der Waals surface area contributed by atoms with Gasteiger partial charge in [-0.05, 0) is 24.3 Å². The molecule has 0 N–H and O–H groups in total. The van der Waals surface area contributed by atoms with Gasteiger partial charge in [-0.2, -0.15) is 0 Å². The Hall–Kier alpha value is -3.15. The van der Waals surface area contributed by atoms with Crippen molar-refractivity contribution in [2.75, 3.05) is 26.2 Å². The van der Waals surface area contributed by atoms with Crippen molar-refractivity contribution in [2.24, 2.45) is 5.41 Å². The van der Waals surface area contributed by atoms with Crippen LogP contribution in [0.1, 0.15) is 31.1 Å². The molecule has 0 saturated carbocycles. The molecule has 150 valence electrons. The van der Waals surface area contributed by atoms with Crippen LogP contribution in [0.25, 0.3) is 22.4 Å². The number of hydrogen-bond donors (Lipinski definition) is 0. The highest BCUT2D eigenvalue weighted by molar-refractivity contribution is 6.07. The number of amides is 2. The topological polar surface area (TPSA) is 66.7 Å². The molecule has 1 aromatic carbocycles. The van der Waals surface area contributed by atoms with E-state index in [1.165, 1.54) is 0 Å². The van der Waals surface area contributed by atoms with E-state index in [0.29, 0.717) is 43.2 Å². The molecule has 0 atom stereocenters. The maximum Gasteiger partial charge on any atom is 0.254 e. The molecule has 1 aliphatic heterocycles. The highest BCUT2D eigenvalue weighted by Gasteiger charge is 2.31. The second-order valence-corrected chi connectivity index (χ2v) is 8.38. The van der Waals surface area contributed by atoms with Gasteiger partial charge in [0.1, 0.15) is 5.69 Å². The minimum atomic E-state index is -0.411. The number of para-hydroxylation sites is 1. The Morgan fingerprint density at radius 1 is 0.966 bits per heavy atom. The van der Waals surface area contributed by atoms with Crippen molar-refractivity contribution >= 4 is 22.7 Å². The number of piperazine rings is 1. The molecule has 2 aromatic heterocycles. The van der Waals surface area contributed by atoms with Gasteiger partial charge >= 0.3 is 0 Å². The third kappa shape index (κ3) is 3.75. The van der Waals surface area contributed by atoms with Gasteiger partial charge < -0.3 is 14.2 Å². The number of pyridine rings is 1. The SMILES string of the molecule is CC(C)(C)C(=O)N1CCN(C(=O)c2cc(-c3ccco3)nc3ccccc23)CC1. The Bertz CT molecular complexity index is 1040. The quantitative estimate of drug-likeness (QED) is 0.666. The molecule has 6 nitrogen and oxygen atoms in total. The summed E-state index contributed by atoms with van der Waals surface area (Å²) < 4.78 is 5.49. The van der Waals surface area contributed by atoms with Crippen LogP contribution in [-0.2, 0) is 4.79 Å². The summed E-state index contributed by atoms with van der Waals surface area (Å²) in [7, 11) is 0. The minimum absolute atomic E-state index is 0.0423. The molecule has 2 amide bonds. The molecule has 4 rings (SSSR count). The van der Waals surface area contributed by atoms with E-state index >= 15 is 0 Å². The van der Waals surface area contributed by atoms with Crippen LogP contribution >= 0.6 is 0 Å². The molecule has 1 saturated heterocycles. The van der Waals surface area contributed by atoms with Crippen LogP contribution in [0, 0.1) is 5.41 Å². The summed E-state index contributed by atoms with van der Waals surface area (Å²) in [5, 5.41) is 0.820. The van der Waals surface area contributed by atoms with E-state index in [9.17, 15) is 9.59 Å². The number of fused-ring (bicyclic) bond motifs is 1. The van der Waals surface area contributed by atoms with Crippen LogP contribution < -0.4 is 0 Å². The number of carbonyl (C=O) groups is 2. The van der Waals surface area contributed by atoms with Gasteiger partial charge in [-0.25, -0.2) is 4.98 Å². The average molecular weight is 391 g/mol. The van der Waals surface area contributed by atoms with Gasteiger partial charge in [0, 0.05) is 37.0 Å². The third-order valence-corrected chi connectivity index (χ3v) is 5.22. The summed E-state index contributed by atoms with van der Waals surface area (Å²) >= 11 is 0. The number of aromatic nitrogens is 1. The van der Waals surface area contributed by atoms with Gasteiger partial charge in [-0.1, -0.05) is 39.0 Å². The molecule has 0 bridgehead atoms. The van der Waals surface area contributed by atoms with Crippen molar-refractivity contribution in [1.82, 2.24) is 14.8 Å². The van der Waals surface area contributed by atoms with Crippen LogP contribution in [-0.4, -0.2) is 52.8 Å². The van der Waals surface area contributed by atoms with Crippen LogP contribution in [0.2, 0.25) is 0 Å². The highest BCUT2D eigenvalue weighted by Crippen LogP contribution is 2.27. The molecule has 1 aliphatic rings. The first-order chi connectivity index (χ1) is 13.8. The first-order valence-corrected chi connectivity index (χ1v) is 9.87. The minimum Gasteiger partial charge on any atom is -0.463 e. The van der Waals surface area contributed by atoms with E-state index < -0.39 is 5.41 Å². The van der Waals surface area contributed by atoms with E-state index in [1.54, 1.807) is 18.4 Å². The number of furan rings is 1. The Kier molecular flexibility index (Phi) is 4.86. The van der Waals surface area contributed by atoms with E-state index in [1.807, 2.05) is 60.9 Å². The molecule has 3 aromatic rings. The maximum atomic E-state index is 13.4. The zero-order valence-corrected chi connectivity index (χ0v) is 17.0. The van der Waals surface area contributed by atoms with Gasteiger partial charge in [0.2, 0.25) is 5.91 Å². The molecule has 1 fully saturated rings. The first kappa shape index (κ1) is 19.2. The second kappa shape index (κ2) is 7.35. The van der Waals surface area contributed by atoms with Gasteiger partial charge in [-0.15, -0.1) is 0 Å². The molecule has 0 radical (unpaired) electrons. The first-order valence-electron chi connectivity index (χ1n) is 9.87. The molecule has 0 unspecified atom stereocenters. The molecular weight excluding hydrogens is 366 g/mol. The van der Waals surface area contributed by atoms with Crippen molar-refractivity contribution in [2.45, 2.75) is 20.8 Å². The van der Waals surface area contributed by atoms with E-state index in [0.717, 1.165) is 10.9 Å². The second-order valence-electron chi connectivity index (χ2n) is 8.38. The smallest absolute Gasteiger partial charge is 0.254 e. The zero-order valence-electron chi connectivity index (χ0n) is 17.0. The fourth-order valence-electron chi connectivity index (χ4n) is 3.66. The third-order valence-electron chi connectivity index (χ3n) is 5.22. The van der Waals surface area contributed by atoms with Gasteiger partial charge in [-0.3, -0.25) is 9.59 Å². The molecule has 0 spiro atoms. The fraction of sp³-hybridized carbons (Fsp3) is 0.348. The van der Waals surface area contributed by atoms with Crippen molar-refractivity contribution < 1.29 is 14.0 Å². The number of rotatable bonds is 2. The lowest BCUT2D eigenvalue weighted by Gasteiger charge is -2.37. The van der Waals surface area contributed by atoms with Crippen LogP contribution in [0.15, 0.2) is 53.1 Å². The number of nitrogens with zero attached hydrogens (tertiary/aromatic N) is 3. The summed E-state index contributed by atoms with van der Waals surface area (Å²) in [6.45, 7) is 7.91. The lowest BCUT2D eigenvalue weighted by atomic mass is 9.94. The average Bonchev–Trinajstić information content (AvgIpc) is 3.26. The van der Waals surface area contributed by atoms with Gasteiger partial charge in [0.25, 0.3) is 5.91 Å². The Morgan fingerprint density at radius 2 is 1.66 bits per heavy atom. The monoisotopic (exact) mass is 391 g/mol. The maximum absolute atomic E-state index is 13.4. The molecular formula is C23H25N3O3. The van der Waals surface area contributed by atoms with Gasteiger partial charge in [0.05, 0.1) is 17.3 Å². The predicted molar refractivity (Wildman–Crippen MR) is 111 cm³/mol. The lowest BCUT2D eigenvalue weighted by Crippen LogP contribution is -2.53. The normalized spacial score (nSPS) is 15.0. The Labute approximate surface area is 170 Å².